The zero-order valence-corrected chi connectivity index (χ0v) is 13.0. The fourth-order valence-corrected chi connectivity index (χ4v) is 2.19. The number of hydrogen-bond donors (Lipinski definition) is 1. The van der Waals surface area contributed by atoms with E-state index < -0.39 is 5.54 Å². The molecule has 1 N–H and O–H groups in total. The van der Waals surface area contributed by atoms with Crippen LogP contribution in [0.25, 0.3) is 0 Å². The maximum atomic E-state index is 12.3. The van der Waals surface area contributed by atoms with E-state index in [4.69, 9.17) is 9.47 Å². The fraction of sp³-hybridized carbons (Fsp3) is 0.562. The number of ether oxygens (including phenoxy) is 2. The van der Waals surface area contributed by atoms with E-state index in [0.29, 0.717) is 12.3 Å². The van der Waals surface area contributed by atoms with Gasteiger partial charge in [-0.05, 0) is 36.6 Å². The van der Waals surface area contributed by atoms with Gasteiger partial charge in [0.25, 0.3) is 0 Å². The van der Waals surface area contributed by atoms with Crippen molar-refractivity contribution in [3.63, 3.8) is 0 Å². The third-order valence-corrected chi connectivity index (χ3v) is 3.46. The Balaban J connectivity index is 3.15. The highest BCUT2D eigenvalue weighted by molar-refractivity contribution is 5.82. The summed E-state index contributed by atoms with van der Waals surface area (Å²) in [5.41, 5.74) is 0.0963. The number of methoxy groups -OCH3 is 2. The summed E-state index contributed by atoms with van der Waals surface area (Å²) in [6, 6.07) is 7.54. The Morgan fingerprint density at radius 1 is 1.25 bits per heavy atom. The van der Waals surface area contributed by atoms with Crippen molar-refractivity contribution in [3.8, 4) is 5.75 Å². The van der Waals surface area contributed by atoms with Crippen molar-refractivity contribution in [2.24, 2.45) is 5.92 Å². The number of rotatable bonds is 7. The summed E-state index contributed by atoms with van der Waals surface area (Å²) in [6.07, 6.45) is 0.624. The van der Waals surface area contributed by atoms with E-state index in [2.05, 4.69) is 19.2 Å². The van der Waals surface area contributed by atoms with Crippen molar-refractivity contribution < 1.29 is 14.3 Å². The Bertz CT molecular complexity index is 428. The minimum atomic E-state index is -0.800. The molecule has 1 atom stereocenters. The highest BCUT2D eigenvalue weighted by Crippen LogP contribution is 2.28. The molecule has 0 aliphatic heterocycles. The molecule has 0 aromatic heterocycles. The quantitative estimate of drug-likeness (QED) is 0.780. The van der Waals surface area contributed by atoms with Crippen molar-refractivity contribution >= 4 is 5.97 Å². The molecular formula is C16H25NO3. The van der Waals surface area contributed by atoms with E-state index >= 15 is 0 Å². The minimum absolute atomic E-state index is 0.259. The zero-order valence-electron chi connectivity index (χ0n) is 13.0. The Labute approximate surface area is 121 Å². The molecule has 1 aromatic carbocycles. The summed E-state index contributed by atoms with van der Waals surface area (Å²) in [4.78, 5) is 12.3. The molecule has 0 aliphatic rings. The topological polar surface area (TPSA) is 47.6 Å². The molecule has 0 heterocycles. The fourth-order valence-electron chi connectivity index (χ4n) is 2.19. The van der Waals surface area contributed by atoms with Crippen LogP contribution in [0.15, 0.2) is 24.3 Å². The largest absolute Gasteiger partial charge is 0.497 e. The van der Waals surface area contributed by atoms with E-state index in [1.54, 1.807) is 7.11 Å². The van der Waals surface area contributed by atoms with Gasteiger partial charge in [0.1, 0.15) is 11.3 Å². The van der Waals surface area contributed by atoms with Crippen LogP contribution in [0.4, 0.5) is 0 Å². The normalized spacial score (nSPS) is 13.9. The van der Waals surface area contributed by atoms with Gasteiger partial charge in [-0.25, -0.2) is 4.79 Å². The van der Waals surface area contributed by atoms with E-state index in [1.165, 1.54) is 7.11 Å². The highest BCUT2D eigenvalue weighted by atomic mass is 16.5. The number of esters is 1. The molecule has 0 amide bonds. The second-order valence-corrected chi connectivity index (χ2v) is 5.25. The Hall–Kier alpha value is -1.55. The van der Waals surface area contributed by atoms with E-state index in [1.807, 2.05) is 31.2 Å². The first-order valence-corrected chi connectivity index (χ1v) is 6.98. The predicted molar refractivity (Wildman–Crippen MR) is 79.8 cm³/mol. The lowest BCUT2D eigenvalue weighted by Gasteiger charge is -2.32. The molecule has 0 spiro atoms. The molecule has 4 heteroatoms. The summed E-state index contributed by atoms with van der Waals surface area (Å²) in [7, 11) is 3.05. The average Bonchev–Trinajstić information content (AvgIpc) is 2.48. The van der Waals surface area contributed by atoms with Crippen molar-refractivity contribution in [3.05, 3.63) is 29.8 Å². The maximum Gasteiger partial charge on any atom is 0.330 e. The minimum Gasteiger partial charge on any atom is -0.497 e. The predicted octanol–water partition coefficient (Wildman–Crippen LogP) is 2.72. The second kappa shape index (κ2) is 7.29. The molecule has 1 aromatic rings. The first kappa shape index (κ1) is 16.5. The van der Waals surface area contributed by atoms with Crippen LogP contribution >= 0.6 is 0 Å². The molecule has 20 heavy (non-hydrogen) atoms. The molecule has 0 bridgehead atoms. The summed E-state index contributed by atoms with van der Waals surface area (Å²) in [5, 5.41) is 3.37. The van der Waals surface area contributed by atoms with Crippen molar-refractivity contribution in [1.29, 1.82) is 0 Å². The van der Waals surface area contributed by atoms with E-state index in [-0.39, 0.29) is 5.97 Å². The van der Waals surface area contributed by atoms with Gasteiger partial charge in [0.05, 0.1) is 14.2 Å². The molecule has 1 unspecified atom stereocenters. The number of benzene rings is 1. The maximum absolute atomic E-state index is 12.3. The average molecular weight is 279 g/mol. The molecule has 4 nitrogen and oxygen atoms in total. The van der Waals surface area contributed by atoms with Gasteiger partial charge in [0.2, 0.25) is 0 Å². The van der Waals surface area contributed by atoms with Gasteiger partial charge in [-0.1, -0.05) is 32.9 Å². The Morgan fingerprint density at radius 2 is 1.85 bits per heavy atom. The van der Waals surface area contributed by atoms with Crippen LogP contribution in [0.2, 0.25) is 0 Å². The lowest BCUT2D eigenvalue weighted by Crippen LogP contribution is -2.50. The van der Waals surface area contributed by atoms with Crippen molar-refractivity contribution in [2.75, 3.05) is 20.8 Å². The van der Waals surface area contributed by atoms with Crippen LogP contribution in [0.1, 0.15) is 32.8 Å². The van der Waals surface area contributed by atoms with E-state index in [0.717, 1.165) is 17.9 Å². The van der Waals surface area contributed by atoms with Crippen LogP contribution in [0.3, 0.4) is 0 Å². The monoisotopic (exact) mass is 279 g/mol. The number of carbonyl (C=O) groups is 1. The van der Waals surface area contributed by atoms with Crippen LogP contribution in [-0.4, -0.2) is 26.7 Å². The summed E-state index contributed by atoms with van der Waals surface area (Å²) >= 11 is 0. The molecule has 0 saturated carbocycles. The molecule has 0 saturated heterocycles. The molecule has 0 fully saturated rings. The summed E-state index contributed by atoms with van der Waals surface area (Å²) in [6.45, 7) is 6.95. The highest BCUT2D eigenvalue weighted by Gasteiger charge is 2.39. The van der Waals surface area contributed by atoms with Gasteiger partial charge in [-0.15, -0.1) is 0 Å². The van der Waals surface area contributed by atoms with E-state index in [9.17, 15) is 4.79 Å². The molecule has 1 rings (SSSR count). The standard InChI is InChI=1S/C16H25NO3/c1-6-16(15(18)20-5,17-11-12(2)3)13-7-9-14(19-4)10-8-13/h7-10,12,17H,6,11H2,1-5H3. The van der Waals surface area contributed by atoms with Crippen LogP contribution in [0.5, 0.6) is 5.75 Å². The lowest BCUT2D eigenvalue weighted by molar-refractivity contribution is -0.149. The first-order valence-electron chi connectivity index (χ1n) is 6.98. The number of hydrogen-bond acceptors (Lipinski definition) is 4. The summed E-state index contributed by atoms with van der Waals surface area (Å²) in [5.74, 6) is 0.960. The van der Waals surface area contributed by atoms with Gasteiger partial charge in [0.15, 0.2) is 0 Å². The van der Waals surface area contributed by atoms with Crippen LogP contribution in [-0.2, 0) is 15.1 Å². The third kappa shape index (κ3) is 3.51. The Morgan fingerprint density at radius 3 is 2.25 bits per heavy atom. The number of nitrogens with one attached hydrogen (secondary N) is 1. The van der Waals surface area contributed by atoms with Gasteiger partial charge in [0, 0.05) is 0 Å². The van der Waals surface area contributed by atoms with Crippen LogP contribution < -0.4 is 10.1 Å². The zero-order chi connectivity index (χ0) is 15.2. The molecular weight excluding hydrogens is 254 g/mol. The second-order valence-electron chi connectivity index (χ2n) is 5.25. The Kier molecular flexibility index (Phi) is 6.02. The third-order valence-electron chi connectivity index (χ3n) is 3.46. The van der Waals surface area contributed by atoms with Crippen molar-refractivity contribution in [1.82, 2.24) is 5.32 Å². The van der Waals surface area contributed by atoms with Crippen molar-refractivity contribution in [2.45, 2.75) is 32.7 Å². The van der Waals surface area contributed by atoms with Gasteiger partial charge >= 0.3 is 5.97 Å². The van der Waals surface area contributed by atoms with Gasteiger partial charge in [-0.2, -0.15) is 0 Å². The summed E-state index contributed by atoms with van der Waals surface area (Å²) < 4.78 is 10.2. The molecule has 112 valence electrons. The van der Waals surface area contributed by atoms with Gasteiger partial charge < -0.3 is 9.47 Å². The van der Waals surface area contributed by atoms with Crippen LogP contribution in [0, 0.1) is 5.92 Å². The molecule has 0 aliphatic carbocycles. The molecule has 0 radical (unpaired) electrons. The smallest absolute Gasteiger partial charge is 0.330 e. The SMILES string of the molecule is CCC(NCC(C)C)(C(=O)OC)c1ccc(OC)cc1. The van der Waals surface area contributed by atoms with Gasteiger partial charge in [-0.3, -0.25) is 5.32 Å². The first-order chi connectivity index (χ1) is 9.50. The number of carbonyl (C=O) groups excluding carboxylic acids is 1. The lowest BCUT2D eigenvalue weighted by atomic mass is 9.86.